The highest BCUT2D eigenvalue weighted by atomic mass is 35.5. The molecule has 2 aromatic carbocycles. The van der Waals surface area contributed by atoms with E-state index in [1.165, 1.54) is 0 Å². The third kappa shape index (κ3) is 4.25. The van der Waals surface area contributed by atoms with Gasteiger partial charge in [-0.3, -0.25) is 4.90 Å². The summed E-state index contributed by atoms with van der Waals surface area (Å²) in [5, 5.41) is 11.1. The van der Waals surface area contributed by atoms with Crippen molar-refractivity contribution in [3.05, 3.63) is 65.2 Å². The fourth-order valence-electron chi connectivity index (χ4n) is 3.07. The molecule has 122 valence electrons. The number of rotatable bonds is 5. The zero-order valence-electron chi connectivity index (χ0n) is 13.2. The molecule has 3 nitrogen and oxygen atoms in total. The van der Waals surface area contributed by atoms with Crippen molar-refractivity contribution in [1.82, 2.24) is 4.90 Å². The Morgan fingerprint density at radius 1 is 0.913 bits per heavy atom. The van der Waals surface area contributed by atoms with Crippen LogP contribution in [0.25, 0.3) is 0 Å². The monoisotopic (exact) mass is 330 g/mol. The first-order chi connectivity index (χ1) is 11.2. The highest BCUT2D eigenvalue weighted by Crippen LogP contribution is 2.26. The molecule has 0 amide bonds. The van der Waals surface area contributed by atoms with Crippen LogP contribution >= 0.6 is 11.6 Å². The highest BCUT2D eigenvalue weighted by Gasteiger charge is 2.19. The second-order valence-electron chi connectivity index (χ2n) is 6.00. The van der Waals surface area contributed by atoms with E-state index in [0.29, 0.717) is 0 Å². The van der Waals surface area contributed by atoms with Crippen molar-refractivity contribution in [2.45, 2.75) is 12.5 Å². The van der Waals surface area contributed by atoms with Gasteiger partial charge in [0.1, 0.15) is 0 Å². The van der Waals surface area contributed by atoms with E-state index in [0.717, 1.165) is 55.4 Å². The van der Waals surface area contributed by atoms with Crippen LogP contribution in [0.2, 0.25) is 5.02 Å². The molecule has 0 spiro atoms. The smallest absolute Gasteiger partial charge is 0.0802 e. The summed E-state index contributed by atoms with van der Waals surface area (Å²) in [6.45, 7) is 4.89. The van der Waals surface area contributed by atoms with E-state index in [4.69, 9.17) is 11.6 Å². The molecule has 1 fully saturated rings. The van der Waals surface area contributed by atoms with Crippen molar-refractivity contribution < 1.29 is 5.11 Å². The molecule has 4 heteroatoms. The van der Waals surface area contributed by atoms with E-state index in [1.54, 1.807) is 0 Å². The summed E-state index contributed by atoms with van der Waals surface area (Å²) in [7, 11) is 0. The molecule has 1 unspecified atom stereocenters. The van der Waals surface area contributed by atoms with Crippen molar-refractivity contribution in [1.29, 1.82) is 0 Å². The lowest BCUT2D eigenvalue weighted by Gasteiger charge is -2.36. The molecule has 0 radical (unpaired) electrons. The van der Waals surface area contributed by atoms with Crippen LogP contribution in [-0.2, 0) is 0 Å². The van der Waals surface area contributed by atoms with Crippen LogP contribution in [-0.4, -0.2) is 42.7 Å². The number of halogens is 1. The number of aliphatic hydroxyl groups excluding tert-OH is 1. The molecule has 0 saturated carbocycles. The molecule has 0 aliphatic carbocycles. The molecule has 23 heavy (non-hydrogen) atoms. The second kappa shape index (κ2) is 7.82. The molecule has 0 aromatic heterocycles. The summed E-state index contributed by atoms with van der Waals surface area (Å²) in [5.41, 5.74) is 2.13. The number of benzene rings is 2. The van der Waals surface area contributed by atoms with Gasteiger partial charge in [0.25, 0.3) is 0 Å². The number of hydrogen-bond donors (Lipinski definition) is 1. The molecule has 1 saturated heterocycles. The minimum atomic E-state index is -0.377. The summed E-state index contributed by atoms with van der Waals surface area (Å²) in [4.78, 5) is 4.76. The van der Waals surface area contributed by atoms with Crippen molar-refractivity contribution in [2.24, 2.45) is 0 Å². The van der Waals surface area contributed by atoms with Crippen LogP contribution in [0.15, 0.2) is 54.6 Å². The number of piperazine rings is 1. The number of aliphatic hydroxyl groups is 1. The van der Waals surface area contributed by atoms with Gasteiger partial charge in [0.05, 0.1) is 16.8 Å². The lowest BCUT2D eigenvalue weighted by atomic mass is 10.1. The minimum Gasteiger partial charge on any atom is -0.388 e. The third-order valence-corrected chi connectivity index (χ3v) is 4.79. The molecule has 1 aliphatic heterocycles. The standard InChI is InChI=1S/C19H23ClN2O/c20-17-8-4-5-9-18(17)22-14-12-21(13-15-22)11-10-19(23)16-6-2-1-3-7-16/h1-9,19,23H,10-15H2. The van der Waals surface area contributed by atoms with Crippen molar-refractivity contribution >= 4 is 17.3 Å². The normalized spacial score (nSPS) is 17.2. The van der Waals surface area contributed by atoms with Crippen LogP contribution in [0.5, 0.6) is 0 Å². The molecule has 1 heterocycles. The second-order valence-corrected chi connectivity index (χ2v) is 6.40. The van der Waals surface area contributed by atoms with Gasteiger partial charge in [-0.05, 0) is 24.1 Å². The first-order valence-corrected chi connectivity index (χ1v) is 8.56. The van der Waals surface area contributed by atoms with Gasteiger partial charge in [-0.1, -0.05) is 54.1 Å². The van der Waals surface area contributed by atoms with E-state index in [-0.39, 0.29) is 6.10 Å². The lowest BCUT2D eigenvalue weighted by Crippen LogP contribution is -2.46. The number of para-hydroxylation sites is 1. The maximum Gasteiger partial charge on any atom is 0.0802 e. The Kier molecular flexibility index (Phi) is 5.55. The summed E-state index contributed by atoms with van der Waals surface area (Å²) in [6.07, 6.45) is 0.397. The van der Waals surface area contributed by atoms with Crippen LogP contribution < -0.4 is 4.90 Å². The van der Waals surface area contributed by atoms with Gasteiger partial charge in [-0.25, -0.2) is 0 Å². The van der Waals surface area contributed by atoms with Gasteiger partial charge in [-0.15, -0.1) is 0 Å². The first-order valence-electron chi connectivity index (χ1n) is 8.19. The van der Waals surface area contributed by atoms with E-state index < -0.39 is 0 Å². The molecule has 1 N–H and O–H groups in total. The number of anilines is 1. The Labute approximate surface area is 143 Å². The van der Waals surface area contributed by atoms with E-state index in [9.17, 15) is 5.11 Å². The van der Waals surface area contributed by atoms with Gasteiger partial charge in [0, 0.05) is 32.7 Å². The molecule has 1 aliphatic rings. The van der Waals surface area contributed by atoms with Gasteiger partial charge < -0.3 is 10.0 Å². The van der Waals surface area contributed by atoms with E-state index in [1.807, 2.05) is 48.5 Å². The SMILES string of the molecule is OC(CCN1CCN(c2ccccc2Cl)CC1)c1ccccc1. The quantitative estimate of drug-likeness (QED) is 0.907. The highest BCUT2D eigenvalue weighted by molar-refractivity contribution is 6.33. The average molecular weight is 331 g/mol. The Bertz CT molecular complexity index is 612. The van der Waals surface area contributed by atoms with Gasteiger partial charge in [0.15, 0.2) is 0 Å². The molecular formula is C19H23ClN2O. The summed E-state index contributed by atoms with van der Waals surface area (Å²) >= 11 is 6.28. The Morgan fingerprint density at radius 2 is 1.57 bits per heavy atom. The molecule has 1 atom stereocenters. The van der Waals surface area contributed by atoms with Gasteiger partial charge in [-0.2, -0.15) is 0 Å². The van der Waals surface area contributed by atoms with E-state index in [2.05, 4.69) is 15.9 Å². The topological polar surface area (TPSA) is 26.7 Å². The largest absolute Gasteiger partial charge is 0.388 e. The average Bonchev–Trinajstić information content (AvgIpc) is 2.61. The number of hydrogen-bond acceptors (Lipinski definition) is 3. The van der Waals surface area contributed by atoms with Crippen LogP contribution in [0, 0.1) is 0 Å². The Balaban J connectivity index is 1.47. The minimum absolute atomic E-state index is 0.377. The summed E-state index contributed by atoms with van der Waals surface area (Å²) < 4.78 is 0. The Hall–Kier alpha value is -1.55. The molecule has 3 rings (SSSR count). The van der Waals surface area contributed by atoms with Crippen LogP contribution in [0.3, 0.4) is 0 Å². The zero-order chi connectivity index (χ0) is 16.1. The van der Waals surface area contributed by atoms with Gasteiger partial charge >= 0.3 is 0 Å². The summed E-state index contributed by atoms with van der Waals surface area (Å²) in [6, 6.07) is 17.9. The lowest BCUT2D eigenvalue weighted by molar-refractivity contribution is 0.139. The molecule has 0 bridgehead atoms. The van der Waals surface area contributed by atoms with Crippen LogP contribution in [0.1, 0.15) is 18.1 Å². The van der Waals surface area contributed by atoms with Crippen LogP contribution in [0.4, 0.5) is 5.69 Å². The maximum absolute atomic E-state index is 10.3. The predicted molar refractivity (Wildman–Crippen MR) is 96.1 cm³/mol. The van der Waals surface area contributed by atoms with Crippen molar-refractivity contribution in [3.8, 4) is 0 Å². The molecule has 2 aromatic rings. The number of nitrogens with zero attached hydrogens (tertiary/aromatic N) is 2. The fourth-order valence-corrected chi connectivity index (χ4v) is 3.32. The zero-order valence-corrected chi connectivity index (χ0v) is 14.0. The third-order valence-electron chi connectivity index (χ3n) is 4.47. The van der Waals surface area contributed by atoms with Crippen molar-refractivity contribution in [3.63, 3.8) is 0 Å². The van der Waals surface area contributed by atoms with Gasteiger partial charge in [0.2, 0.25) is 0 Å². The fraction of sp³-hybridized carbons (Fsp3) is 0.368. The predicted octanol–water partition coefficient (Wildman–Crippen LogP) is 3.59. The maximum atomic E-state index is 10.3. The van der Waals surface area contributed by atoms with E-state index >= 15 is 0 Å². The van der Waals surface area contributed by atoms with Crippen molar-refractivity contribution in [2.75, 3.05) is 37.6 Å². The molecular weight excluding hydrogens is 308 g/mol. The Morgan fingerprint density at radius 3 is 2.26 bits per heavy atom. The summed E-state index contributed by atoms with van der Waals surface area (Å²) in [5.74, 6) is 0. The first kappa shape index (κ1) is 16.3.